The van der Waals surface area contributed by atoms with Crippen LogP contribution in [-0.4, -0.2) is 52.1 Å². The number of piperazine rings is 1. The Labute approximate surface area is 167 Å². The monoisotopic (exact) mass is 391 g/mol. The Morgan fingerprint density at radius 1 is 1.10 bits per heavy atom. The second kappa shape index (κ2) is 6.95. The van der Waals surface area contributed by atoms with E-state index in [0.29, 0.717) is 34.4 Å². The molecule has 0 spiro atoms. The number of rotatable bonds is 3. The second-order valence-corrected chi connectivity index (χ2v) is 7.35. The summed E-state index contributed by atoms with van der Waals surface area (Å²) in [5.74, 6) is 0.628. The van der Waals surface area contributed by atoms with E-state index in [1.807, 2.05) is 6.07 Å². The van der Waals surface area contributed by atoms with Crippen LogP contribution in [0, 0.1) is 0 Å². The highest BCUT2D eigenvalue weighted by Crippen LogP contribution is 2.41. The van der Waals surface area contributed by atoms with Crippen LogP contribution in [0.15, 0.2) is 42.3 Å². The summed E-state index contributed by atoms with van der Waals surface area (Å²) in [7, 11) is 0. The van der Waals surface area contributed by atoms with Gasteiger partial charge >= 0.3 is 0 Å². The zero-order valence-electron chi connectivity index (χ0n) is 15.7. The van der Waals surface area contributed by atoms with Crippen LogP contribution in [0.5, 0.6) is 17.2 Å². The third kappa shape index (κ3) is 3.04. The third-order valence-corrected chi connectivity index (χ3v) is 5.51. The molecule has 0 unspecified atom stereocenters. The molecule has 3 heterocycles. The van der Waals surface area contributed by atoms with E-state index in [9.17, 15) is 15.0 Å². The van der Waals surface area contributed by atoms with Crippen molar-refractivity contribution in [1.29, 1.82) is 0 Å². The fraction of sp³-hybridized carbons (Fsp3) is 0.227. The van der Waals surface area contributed by atoms with E-state index in [4.69, 9.17) is 4.74 Å². The summed E-state index contributed by atoms with van der Waals surface area (Å²) in [4.78, 5) is 18.2. The lowest BCUT2D eigenvalue weighted by molar-refractivity contribution is 0.101. The normalized spacial score (nSPS) is 18.3. The molecule has 0 saturated carbocycles. The molecule has 0 bridgehead atoms. The molecule has 0 atom stereocenters. The highest BCUT2D eigenvalue weighted by atomic mass is 16.5. The smallest absolute Gasteiger partial charge is 0.231 e. The number of allylic oxidation sites excluding steroid dienone is 1. The van der Waals surface area contributed by atoms with Gasteiger partial charge in [0.2, 0.25) is 5.78 Å². The summed E-state index contributed by atoms with van der Waals surface area (Å²) >= 11 is 0. The Balaban J connectivity index is 1.52. The molecule has 2 aromatic carbocycles. The van der Waals surface area contributed by atoms with Crippen molar-refractivity contribution in [1.82, 2.24) is 15.2 Å². The van der Waals surface area contributed by atoms with Gasteiger partial charge in [-0.15, -0.1) is 0 Å². The minimum atomic E-state index is -0.230. The van der Waals surface area contributed by atoms with Crippen molar-refractivity contribution in [3.05, 3.63) is 59.0 Å². The highest BCUT2D eigenvalue weighted by molar-refractivity contribution is 6.15. The summed E-state index contributed by atoms with van der Waals surface area (Å²) in [6, 6.07) is 8.36. The van der Waals surface area contributed by atoms with E-state index in [1.54, 1.807) is 36.5 Å². The number of carbonyl (C=O) groups excluding carboxylic acids is 1. The van der Waals surface area contributed by atoms with E-state index < -0.39 is 0 Å². The quantitative estimate of drug-likeness (QED) is 0.513. The highest BCUT2D eigenvalue weighted by Gasteiger charge is 2.32. The number of carbonyl (C=O) groups is 1. The molecule has 0 radical (unpaired) electrons. The van der Waals surface area contributed by atoms with Crippen LogP contribution in [0.1, 0.15) is 21.5 Å². The zero-order valence-corrected chi connectivity index (χ0v) is 15.7. The predicted molar refractivity (Wildman–Crippen MR) is 109 cm³/mol. The first-order valence-electron chi connectivity index (χ1n) is 9.63. The number of H-pyrrole nitrogens is 1. The fourth-order valence-corrected chi connectivity index (χ4v) is 3.99. The molecule has 1 saturated heterocycles. The minimum absolute atomic E-state index is 0.126. The molecule has 7 heteroatoms. The van der Waals surface area contributed by atoms with E-state index in [0.717, 1.165) is 31.7 Å². The van der Waals surface area contributed by atoms with E-state index in [1.165, 1.54) is 0 Å². The summed E-state index contributed by atoms with van der Waals surface area (Å²) in [5, 5.41) is 24.6. The van der Waals surface area contributed by atoms with Gasteiger partial charge in [-0.3, -0.25) is 9.69 Å². The maximum Gasteiger partial charge on any atom is 0.231 e. The lowest BCUT2D eigenvalue weighted by Gasteiger charge is -2.27. The molecule has 0 aliphatic carbocycles. The van der Waals surface area contributed by atoms with Crippen molar-refractivity contribution in [2.45, 2.75) is 6.54 Å². The first-order valence-corrected chi connectivity index (χ1v) is 9.63. The van der Waals surface area contributed by atoms with Crippen LogP contribution >= 0.6 is 0 Å². The van der Waals surface area contributed by atoms with E-state index in [-0.39, 0.29) is 23.0 Å². The SMILES string of the molecule is O=C1/C(=C/c2c[nH]c3cccc(O)c23)Oc2c1ccc(O)c2CN1CCNCC1. The number of hydrogen-bond acceptors (Lipinski definition) is 6. The third-order valence-electron chi connectivity index (χ3n) is 5.51. The number of ketones is 1. The number of phenolic OH excluding ortho intramolecular Hbond substituents is 2. The minimum Gasteiger partial charge on any atom is -0.507 e. The number of nitrogens with one attached hydrogen (secondary N) is 2. The molecule has 4 N–H and O–H groups in total. The van der Waals surface area contributed by atoms with Gasteiger partial charge in [-0.05, 0) is 30.3 Å². The molecule has 7 nitrogen and oxygen atoms in total. The Morgan fingerprint density at radius 3 is 2.76 bits per heavy atom. The summed E-state index contributed by atoms with van der Waals surface area (Å²) in [6.07, 6.45) is 3.36. The summed E-state index contributed by atoms with van der Waals surface area (Å²) in [6.45, 7) is 4.05. The molecule has 5 rings (SSSR count). The second-order valence-electron chi connectivity index (χ2n) is 7.35. The molecule has 3 aromatic rings. The largest absolute Gasteiger partial charge is 0.507 e. The standard InChI is InChI=1S/C22H21N3O4/c26-17-5-4-14-21(28)19(10-13-11-24-16-2-1-3-18(27)20(13)16)29-22(14)15(17)12-25-8-6-23-7-9-25/h1-5,10-11,23-24,26-27H,6-9,12H2/b19-10-. The van der Waals surface area contributed by atoms with Gasteiger partial charge < -0.3 is 25.3 Å². The van der Waals surface area contributed by atoms with Crippen LogP contribution in [0.25, 0.3) is 17.0 Å². The van der Waals surface area contributed by atoms with Crippen LogP contribution in [0.3, 0.4) is 0 Å². The summed E-state index contributed by atoms with van der Waals surface area (Å²) in [5.41, 5.74) is 2.52. The van der Waals surface area contributed by atoms with Crippen LogP contribution in [0.4, 0.5) is 0 Å². The van der Waals surface area contributed by atoms with Gasteiger partial charge in [0.1, 0.15) is 17.2 Å². The maximum atomic E-state index is 12.9. The fourth-order valence-electron chi connectivity index (χ4n) is 3.99. The number of aromatic hydroxyl groups is 2. The molecule has 1 fully saturated rings. The Bertz CT molecular complexity index is 1140. The number of Topliss-reactive ketones (excluding diaryl/α,β-unsaturated/α-hetero) is 1. The molecule has 148 valence electrons. The Kier molecular flexibility index (Phi) is 4.26. The number of aromatic amines is 1. The first kappa shape index (κ1) is 17.8. The number of aromatic nitrogens is 1. The molecule has 2 aliphatic heterocycles. The average Bonchev–Trinajstić information content (AvgIpc) is 3.28. The van der Waals surface area contributed by atoms with Gasteiger partial charge in [-0.1, -0.05) is 6.07 Å². The summed E-state index contributed by atoms with van der Waals surface area (Å²) < 4.78 is 5.95. The molecule has 2 aliphatic rings. The van der Waals surface area contributed by atoms with Gasteiger partial charge in [0, 0.05) is 55.4 Å². The number of ether oxygens (including phenoxy) is 1. The van der Waals surface area contributed by atoms with Crippen LogP contribution in [-0.2, 0) is 6.54 Å². The van der Waals surface area contributed by atoms with Crippen molar-refractivity contribution in [2.24, 2.45) is 0 Å². The van der Waals surface area contributed by atoms with Crippen LogP contribution in [0.2, 0.25) is 0 Å². The molecule has 1 aromatic heterocycles. The molecule has 29 heavy (non-hydrogen) atoms. The number of benzene rings is 2. The lowest BCUT2D eigenvalue weighted by atomic mass is 10.0. The van der Waals surface area contributed by atoms with Crippen molar-refractivity contribution in [3.63, 3.8) is 0 Å². The predicted octanol–water partition coefficient (Wildman–Crippen LogP) is 2.60. The Hall–Kier alpha value is -3.29. The molecule has 0 amide bonds. The van der Waals surface area contributed by atoms with Crippen LogP contribution < -0.4 is 10.1 Å². The van der Waals surface area contributed by atoms with Crippen molar-refractivity contribution >= 4 is 22.8 Å². The zero-order chi connectivity index (χ0) is 20.0. The van der Waals surface area contributed by atoms with E-state index >= 15 is 0 Å². The van der Waals surface area contributed by atoms with Gasteiger partial charge in [-0.2, -0.15) is 0 Å². The van der Waals surface area contributed by atoms with Crippen molar-refractivity contribution in [3.8, 4) is 17.2 Å². The van der Waals surface area contributed by atoms with Crippen molar-refractivity contribution in [2.75, 3.05) is 26.2 Å². The average molecular weight is 391 g/mol. The van der Waals surface area contributed by atoms with Gasteiger partial charge in [-0.25, -0.2) is 0 Å². The van der Waals surface area contributed by atoms with E-state index in [2.05, 4.69) is 15.2 Å². The van der Waals surface area contributed by atoms with Gasteiger partial charge in [0.15, 0.2) is 5.76 Å². The number of hydrogen-bond donors (Lipinski definition) is 4. The van der Waals surface area contributed by atoms with Gasteiger partial charge in [0.25, 0.3) is 0 Å². The Morgan fingerprint density at radius 2 is 1.93 bits per heavy atom. The molecular formula is C22H21N3O4. The topological polar surface area (TPSA) is 97.8 Å². The van der Waals surface area contributed by atoms with Gasteiger partial charge in [0.05, 0.1) is 11.1 Å². The number of fused-ring (bicyclic) bond motifs is 2. The molecular weight excluding hydrogens is 370 g/mol. The number of nitrogens with zero attached hydrogens (tertiary/aromatic N) is 1. The van der Waals surface area contributed by atoms with Crippen molar-refractivity contribution < 1.29 is 19.7 Å². The first-order chi connectivity index (χ1) is 14.1. The lowest BCUT2D eigenvalue weighted by Crippen LogP contribution is -2.42. The number of phenols is 2. The maximum absolute atomic E-state index is 12.9.